The number of carbonyl (C=O) groups is 2. The van der Waals surface area contributed by atoms with Gasteiger partial charge in [0.05, 0.1) is 11.2 Å². The minimum atomic E-state index is -1.09. The third-order valence-corrected chi connectivity index (χ3v) is 3.97. The monoisotopic (exact) mass is 309 g/mol. The Kier molecular flexibility index (Phi) is 4.41. The van der Waals surface area contributed by atoms with Crippen molar-refractivity contribution < 1.29 is 19.1 Å². The van der Waals surface area contributed by atoms with Crippen LogP contribution in [0.1, 0.15) is 12.7 Å². The lowest BCUT2D eigenvalue weighted by Gasteiger charge is -2.18. The summed E-state index contributed by atoms with van der Waals surface area (Å²) >= 11 is 6.13. The van der Waals surface area contributed by atoms with E-state index in [2.05, 4.69) is 0 Å². The van der Waals surface area contributed by atoms with Crippen LogP contribution in [0.25, 0.3) is 6.08 Å². The highest BCUT2D eigenvalue weighted by Crippen LogP contribution is 2.32. The number of hydrogen-bond donors (Lipinski definition) is 1. The maximum Gasteiger partial charge on any atom is 0.326 e. The molecule has 2 heterocycles. The Labute approximate surface area is 124 Å². The van der Waals surface area contributed by atoms with Crippen molar-refractivity contribution >= 4 is 46.3 Å². The SMILES string of the molecule is CC(C(=O)O)N1C(=O)/C(=C\C=C\c2ccco2)SC1=S. The number of thiocarbonyl (C=S) groups is 1. The van der Waals surface area contributed by atoms with Crippen LogP contribution >= 0.6 is 24.0 Å². The Morgan fingerprint density at radius 3 is 2.95 bits per heavy atom. The van der Waals surface area contributed by atoms with E-state index < -0.39 is 12.0 Å². The van der Waals surface area contributed by atoms with Crippen LogP contribution < -0.4 is 0 Å². The van der Waals surface area contributed by atoms with Gasteiger partial charge in [-0.05, 0) is 31.2 Å². The number of thioether (sulfide) groups is 1. The summed E-state index contributed by atoms with van der Waals surface area (Å²) in [6, 6.07) is 2.57. The third-order valence-electron chi connectivity index (χ3n) is 2.62. The summed E-state index contributed by atoms with van der Waals surface area (Å²) in [7, 11) is 0. The Balaban J connectivity index is 2.13. The molecular weight excluding hydrogens is 298 g/mol. The molecule has 0 aliphatic carbocycles. The van der Waals surface area contributed by atoms with Crippen molar-refractivity contribution in [3.63, 3.8) is 0 Å². The summed E-state index contributed by atoms with van der Waals surface area (Å²) in [5.41, 5.74) is 0. The van der Waals surface area contributed by atoms with Crippen molar-refractivity contribution in [2.75, 3.05) is 0 Å². The Bertz CT molecular complexity index is 604. The van der Waals surface area contributed by atoms with E-state index in [-0.39, 0.29) is 10.2 Å². The number of carbonyl (C=O) groups excluding carboxylic acids is 1. The van der Waals surface area contributed by atoms with Crippen molar-refractivity contribution in [1.29, 1.82) is 0 Å². The average Bonchev–Trinajstić information content (AvgIpc) is 2.98. The van der Waals surface area contributed by atoms with E-state index in [0.717, 1.165) is 16.7 Å². The average molecular weight is 309 g/mol. The van der Waals surface area contributed by atoms with Gasteiger partial charge in [0, 0.05) is 0 Å². The summed E-state index contributed by atoms with van der Waals surface area (Å²) in [5.74, 6) is -0.816. The molecule has 20 heavy (non-hydrogen) atoms. The standard InChI is InChI=1S/C13H11NO4S2/c1-8(12(16)17)14-11(15)10(20-13(14)19)6-2-4-9-5-3-7-18-9/h2-8H,1H3,(H,16,17)/b4-2+,10-6+. The largest absolute Gasteiger partial charge is 0.480 e. The van der Waals surface area contributed by atoms with Crippen LogP contribution in [0.3, 0.4) is 0 Å². The van der Waals surface area contributed by atoms with Gasteiger partial charge < -0.3 is 9.52 Å². The predicted molar refractivity (Wildman–Crippen MR) is 80.0 cm³/mol. The van der Waals surface area contributed by atoms with Gasteiger partial charge in [0.15, 0.2) is 0 Å². The van der Waals surface area contributed by atoms with E-state index in [9.17, 15) is 9.59 Å². The van der Waals surface area contributed by atoms with Crippen molar-refractivity contribution in [3.05, 3.63) is 41.2 Å². The van der Waals surface area contributed by atoms with Crippen molar-refractivity contribution in [3.8, 4) is 0 Å². The number of rotatable bonds is 4. The molecule has 1 saturated heterocycles. The van der Waals surface area contributed by atoms with Crippen LogP contribution in [0, 0.1) is 0 Å². The summed E-state index contributed by atoms with van der Waals surface area (Å²) in [6.07, 6.45) is 6.51. The Morgan fingerprint density at radius 2 is 2.35 bits per heavy atom. The number of carboxylic acids is 1. The summed E-state index contributed by atoms with van der Waals surface area (Å²) in [4.78, 5) is 24.5. The Morgan fingerprint density at radius 1 is 1.60 bits per heavy atom. The van der Waals surface area contributed by atoms with Gasteiger partial charge in [0.25, 0.3) is 5.91 Å². The fraction of sp³-hybridized carbons (Fsp3) is 0.154. The lowest BCUT2D eigenvalue weighted by molar-refractivity contribution is -0.144. The molecule has 7 heteroatoms. The number of amides is 1. The molecule has 1 fully saturated rings. The second kappa shape index (κ2) is 6.06. The predicted octanol–water partition coefficient (Wildman–Crippen LogP) is 2.51. The van der Waals surface area contributed by atoms with Crippen LogP contribution in [0.5, 0.6) is 0 Å². The fourth-order valence-corrected chi connectivity index (χ4v) is 2.92. The first-order valence-corrected chi connectivity index (χ1v) is 6.93. The summed E-state index contributed by atoms with van der Waals surface area (Å²) in [6.45, 7) is 1.43. The molecule has 0 spiro atoms. The molecule has 1 aliphatic heterocycles. The van der Waals surface area contributed by atoms with Crippen molar-refractivity contribution in [1.82, 2.24) is 4.90 Å². The molecule has 0 aromatic carbocycles. The number of carboxylic acid groups (broad SMARTS) is 1. The molecule has 1 N–H and O–H groups in total. The number of nitrogens with zero attached hydrogens (tertiary/aromatic N) is 1. The quantitative estimate of drug-likeness (QED) is 0.680. The lowest BCUT2D eigenvalue weighted by atomic mass is 10.3. The second-order valence-corrected chi connectivity index (χ2v) is 5.64. The maximum atomic E-state index is 12.1. The topological polar surface area (TPSA) is 70.8 Å². The molecule has 1 aromatic rings. The van der Waals surface area contributed by atoms with Gasteiger partial charge in [0.2, 0.25) is 0 Å². The normalized spacial score (nSPS) is 19.2. The van der Waals surface area contributed by atoms with Gasteiger partial charge in [-0.1, -0.05) is 30.1 Å². The van der Waals surface area contributed by atoms with Gasteiger partial charge in [-0.3, -0.25) is 9.69 Å². The van der Waals surface area contributed by atoms with Crippen molar-refractivity contribution in [2.24, 2.45) is 0 Å². The molecule has 0 radical (unpaired) electrons. The highest BCUT2D eigenvalue weighted by molar-refractivity contribution is 8.26. The molecule has 1 atom stereocenters. The van der Waals surface area contributed by atoms with Gasteiger partial charge in [0.1, 0.15) is 16.1 Å². The van der Waals surface area contributed by atoms with Crippen LogP contribution in [-0.4, -0.2) is 32.2 Å². The highest BCUT2D eigenvalue weighted by atomic mass is 32.2. The molecule has 1 amide bonds. The first-order chi connectivity index (χ1) is 9.50. The zero-order valence-electron chi connectivity index (χ0n) is 10.5. The van der Waals surface area contributed by atoms with Gasteiger partial charge in [-0.2, -0.15) is 0 Å². The first kappa shape index (κ1) is 14.5. The molecule has 1 unspecified atom stereocenters. The molecular formula is C13H11NO4S2. The third kappa shape index (κ3) is 3.00. The molecule has 2 rings (SSSR count). The first-order valence-electron chi connectivity index (χ1n) is 5.70. The van der Waals surface area contributed by atoms with E-state index >= 15 is 0 Å². The van der Waals surface area contributed by atoms with Gasteiger partial charge in [-0.25, -0.2) is 4.79 Å². The minimum absolute atomic E-state index is 0.252. The Hall–Kier alpha value is -1.86. The zero-order valence-corrected chi connectivity index (χ0v) is 12.1. The van der Waals surface area contributed by atoms with E-state index in [4.69, 9.17) is 21.7 Å². The van der Waals surface area contributed by atoms with Crippen LogP contribution in [0.2, 0.25) is 0 Å². The lowest BCUT2D eigenvalue weighted by Crippen LogP contribution is -2.41. The smallest absolute Gasteiger partial charge is 0.326 e. The van der Waals surface area contributed by atoms with Crippen molar-refractivity contribution in [2.45, 2.75) is 13.0 Å². The molecule has 104 valence electrons. The number of furan rings is 1. The van der Waals surface area contributed by atoms with E-state index in [0.29, 0.717) is 10.7 Å². The van der Waals surface area contributed by atoms with Crippen LogP contribution in [0.4, 0.5) is 0 Å². The number of allylic oxidation sites excluding steroid dienone is 2. The zero-order chi connectivity index (χ0) is 14.7. The van der Waals surface area contributed by atoms with Gasteiger partial charge >= 0.3 is 5.97 Å². The van der Waals surface area contributed by atoms with Crippen LogP contribution in [0.15, 0.2) is 39.9 Å². The highest BCUT2D eigenvalue weighted by Gasteiger charge is 2.37. The summed E-state index contributed by atoms with van der Waals surface area (Å²) < 4.78 is 5.37. The molecule has 0 saturated carbocycles. The molecule has 0 bridgehead atoms. The van der Waals surface area contributed by atoms with E-state index in [1.165, 1.54) is 6.92 Å². The van der Waals surface area contributed by atoms with Gasteiger partial charge in [-0.15, -0.1) is 0 Å². The number of aliphatic carboxylic acids is 1. The number of hydrogen-bond acceptors (Lipinski definition) is 5. The fourth-order valence-electron chi connectivity index (χ4n) is 1.55. The second-order valence-electron chi connectivity index (χ2n) is 3.96. The molecule has 1 aromatic heterocycles. The van der Waals surface area contributed by atoms with E-state index in [1.807, 2.05) is 0 Å². The minimum Gasteiger partial charge on any atom is -0.480 e. The molecule has 5 nitrogen and oxygen atoms in total. The van der Waals surface area contributed by atoms with Crippen LogP contribution in [-0.2, 0) is 9.59 Å². The maximum absolute atomic E-state index is 12.1. The van der Waals surface area contributed by atoms with E-state index in [1.54, 1.807) is 36.6 Å². The molecule has 1 aliphatic rings. The summed E-state index contributed by atoms with van der Waals surface area (Å²) in [5, 5.41) is 8.96.